The molecule has 0 saturated heterocycles. The summed E-state index contributed by atoms with van der Waals surface area (Å²) in [5, 5.41) is 21.7. The van der Waals surface area contributed by atoms with E-state index in [1.54, 1.807) is 0 Å². The fourth-order valence-corrected chi connectivity index (χ4v) is 2.35. The molecule has 0 spiro atoms. The molecule has 2 aliphatic heterocycles. The second kappa shape index (κ2) is 4.84. The van der Waals surface area contributed by atoms with E-state index < -0.39 is 9.85 Å². The Morgan fingerprint density at radius 1 is 0.750 bits per heavy atom. The molecular weight excluding hydrogens is 320 g/mol. The van der Waals surface area contributed by atoms with Gasteiger partial charge in [-0.2, -0.15) is 0 Å². The predicted octanol–water partition coefficient (Wildman–Crippen LogP) is 3.50. The average Bonchev–Trinajstić information content (AvgIpc) is 2.56. The number of nitrogens with one attached hydrogen (secondary N) is 2. The van der Waals surface area contributed by atoms with Crippen LogP contribution >= 0.6 is 0 Å². The van der Waals surface area contributed by atoms with Gasteiger partial charge in [0.25, 0.3) is 22.5 Å². The SMILES string of the molecule is O=[N+]([O-])c1ccc2[nH]c3oc4cc([N+](=O)[O-])ccc4[nH]c=3oc2c1. The summed E-state index contributed by atoms with van der Waals surface area (Å²) in [5.41, 5.74) is 1.72. The van der Waals surface area contributed by atoms with Crippen molar-refractivity contribution in [3.05, 3.63) is 67.7 Å². The van der Waals surface area contributed by atoms with Crippen LogP contribution in [0.2, 0.25) is 0 Å². The number of fused-ring (bicyclic) bond motifs is 2. The topological polar surface area (TPSA) is 144 Å². The molecule has 2 aromatic rings. The van der Waals surface area contributed by atoms with Crippen molar-refractivity contribution in [3.8, 4) is 0 Å². The molecule has 0 unspecified atom stereocenters. The first-order chi connectivity index (χ1) is 11.5. The Morgan fingerprint density at radius 2 is 1.17 bits per heavy atom. The van der Waals surface area contributed by atoms with Gasteiger partial charge in [0.1, 0.15) is 0 Å². The van der Waals surface area contributed by atoms with E-state index in [-0.39, 0.29) is 33.6 Å². The quantitative estimate of drug-likeness (QED) is 0.425. The Bertz CT molecular complexity index is 1130. The van der Waals surface area contributed by atoms with Crippen molar-refractivity contribution in [2.45, 2.75) is 0 Å². The Labute approximate surface area is 130 Å². The monoisotopic (exact) mass is 328 g/mol. The van der Waals surface area contributed by atoms with Gasteiger partial charge in [0.15, 0.2) is 11.2 Å². The molecule has 10 nitrogen and oxygen atoms in total. The summed E-state index contributed by atoms with van der Waals surface area (Å²) < 4.78 is 11.2. The third kappa shape index (κ3) is 2.13. The number of non-ortho nitro benzene ring substituents is 2. The molecule has 0 saturated carbocycles. The highest BCUT2D eigenvalue weighted by Gasteiger charge is 2.11. The van der Waals surface area contributed by atoms with Crippen molar-refractivity contribution in [1.82, 2.24) is 9.97 Å². The Hall–Kier alpha value is -3.82. The highest BCUT2D eigenvalue weighted by atomic mass is 16.6. The molecule has 2 heterocycles. The van der Waals surface area contributed by atoms with Gasteiger partial charge in [-0.3, -0.25) is 20.2 Å². The van der Waals surface area contributed by atoms with Gasteiger partial charge < -0.3 is 18.8 Å². The fourth-order valence-electron chi connectivity index (χ4n) is 2.35. The summed E-state index contributed by atoms with van der Waals surface area (Å²) in [4.78, 5) is 26.5. The van der Waals surface area contributed by atoms with Crippen LogP contribution in [0.4, 0.5) is 11.4 Å². The summed E-state index contributed by atoms with van der Waals surface area (Å²) in [6.07, 6.45) is 0. The summed E-state index contributed by atoms with van der Waals surface area (Å²) >= 11 is 0. The molecule has 2 aromatic carbocycles. The zero-order chi connectivity index (χ0) is 16.8. The normalized spacial score (nSPS) is 11.2. The number of hydrogen-bond acceptors (Lipinski definition) is 6. The van der Waals surface area contributed by atoms with Gasteiger partial charge in [-0.1, -0.05) is 0 Å². The van der Waals surface area contributed by atoms with Gasteiger partial charge >= 0.3 is 0 Å². The summed E-state index contributed by atoms with van der Waals surface area (Å²) in [6.45, 7) is 0. The second-order valence-corrected chi connectivity index (χ2v) is 4.99. The van der Waals surface area contributed by atoms with Crippen LogP contribution < -0.4 is 0 Å². The van der Waals surface area contributed by atoms with Crippen molar-refractivity contribution in [2.24, 2.45) is 0 Å². The van der Waals surface area contributed by atoms with Crippen molar-refractivity contribution < 1.29 is 18.7 Å². The number of nitro benzene ring substituents is 2. The molecule has 0 radical (unpaired) electrons. The zero-order valence-electron chi connectivity index (χ0n) is 11.8. The number of rotatable bonds is 2. The van der Waals surface area contributed by atoms with Crippen molar-refractivity contribution in [2.75, 3.05) is 0 Å². The molecule has 4 rings (SSSR count). The average molecular weight is 328 g/mol. The van der Waals surface area contributed by atoms with E-state index >= 15 is 0 Å². The molecule has 2 aliphatic rings. The third-order valence-corrected chi connectivity index (χ3v) is 3.48. The van der Waals surface area contributed by atoms with Gasteiger partial charge in [0.2, 0.25) is 0 Å². The number of nitrogens with zero attached hydrogens (tertiary/aromatic N) is 2. The van der Waals surface area contributed by atoms with Crippen LogP contribution in [0.15, 0.2) is 45.2 Å². The van der Waals surface area contributed by atoms with E-state index in [1.165, 1.54) is 36.4 Å². The fraction of sp³-hybridized carbons (Fsp3) is 0. The maximum Gasteiger partial charge on any atom is 0.273 e. The van der Waals surface area contributed by atoms with Crippen LogP contribution in [0.25, 0.3) is 22.2 Å². The van der Waals surface area contributed by atoms with E-state index in [9.17, 15) is 20.2 Å². The molecular formula is C14H8N4O6. The lowest BCUT2D eigenvalue weighted by molar-refractivity contribution is -0.384. The van der Waals surface area contributed by atoms with Crippen molar-refractivity contribution in [3.63, 3.8) is 0 Å². The lowest BCUT2D eigenvalue weighted by Crippen LogP contribution is -1.93. The third-order valence-electron chi connectivity index (χ3n) is 3.48. The lowest BCUT2D eigenvalue weighted by Gasteiger charge is -2.03. The first kappa shape index (κ1) is 13.8. The van der Waals surface area contributed by atoms with Gasteiger partial charge in [0, 0.05) is 12.1 Å². The summed E-state index contributed by atoms with van der Waals surface area (Å²) in [6, 6.07) is 8.22. The first-order valence-electron chi connectivity index (χ1n) is 6.72. The summed E-state index contributed by atoms with van der Waals surface area (Å²) in [7, 11) is 0. The minimum Gasteiger partial charge on any atom is -0.434 e. The molecule has 0 aliphatic carbocycles. The van der Waals surface area contributed by atoms with Crippen LogP contribution in [0.3, 0.4) is 0 Å². The molecule has 120 valence electrons. The summed E-state index contributed by atoms with van der Waals surface area (Å²) in [5.74, 6) is 0. The first-order valence-corrected chi connectivity index (χ1v) is 6.72. The number of H-pyrrole nitrogens is 2. The van der Waals surface area contributed by atoms with Gasteiger partial charge in [-0.05, 0) is 12.1 Å². The largest absolute Gasteiger partial charge is 0.434 e. The second-order valence-electron chi connectivity index (χ2n) is 4.99. The van der Waals surface area contributed by atoms with Crippen molar-refractivity contribution in [1.29, 1.82) is 0 Å². The Balaban J connectivity index is 2.04. The van der Waals surface area contributed by atoms with Crippen molar-refractivity contribution >= 4 is 33.6 Å². The number of hydrogen-bond donors (Lipinski definition) is 2. The molecule has 0 atom stereocenters. The lowest BCUT2D eigenvalue weighted by atomic mass is 10.3. The van der Waals surface area contributed by atoms with E-state index in [1.807, 2.05) is 0 Å². The number of nitro groups is 2. The predicted molar refractivity (Wildman–Crippen MR) is 80.9 cm³/mol. The highest BCUT2D eigenvalue weighted by Crippen LogP contribution is 2.22. The maximum atomic E-state index is 10.8. The Morgan fingerprint density at radius 3 is 1.54 bits per heavy atom. The van der Waals surface area contributed by atoms with E-state index in [0.717, 1.165) is 0 Å². The molecule has 2 N–H and O–H groups in total. The van der Waals surface area contributed by atoms with E-state index in [4.69, 9.17) is 8.83 Å². The van der Waals surface area contributed by atoms with Gasteiger partial charge in [-0.25, -0.2) is 0 Å². The zero-order valence-corrected chi connectivity index (χ0v) is 11.8. The minimum absolute atomic E-state index is 0.104. The van der Waals surface area contributed by atoms with Crippen LogP contribution in [-0.4, -0.2) is 19.8 Å². The van der Waals surface area contributed by atoms with E-state index in [2.05, 4.69) is 9.97 Å². The number of benzene rings is 2. The minimum atomic E-state index is -0.521. The molecule has 0 aromatic heterocycles. The van der Waals surface area contributed by atoms with Crippen LogP contribution in [-0.2, 0) is 0 Å². The number of aromatic nitrogens is 2. The number of aromatic amines is 2. The molecule has 24 heavy (non-hydrogen) atoms. The maximum absolute atomic E-state index is 10.8. The van der Waals surface area contributed by atoms with Gasteiger partial charge in [-0.15, -0.1) is 0 Å². The Kier molecular flexibility index (Phi) is 2.79. The standard InChI is InChI=1S/C14H8N4O6/c19-17(20)7-1-3-9-11(5-7)23-14-13(15-9)24-12-6-8(18(21)22)2-4-10(12)16-14/h1-6,15-16H. The van der Waals surface area contributed by atoms with E-state index in [0.29, 0.717) is 11.0 Å². The van der Waals surface area contributed by atoms with Crippen LogP contribution in [0, 0.1) is 31.3 Å². The molecule has 0 fully saturated rings. The van der Waals surface area contributed by atoms with Gasteiger partial charge in [0.05, 0.1) is 33.0 Å². The molecule has 0 amide bonds. The smallest absolute Gasteiger partial charge is 0.273 e. The van der Waals surface area contributed by atoms with Crippen LogP contribution in [0.5, 0.6) is 0 Å². The highest BCUT2D eigenvalue weighted by molar-refractivity contribution is 5.76. The van der Waals surface area contributed by atoms with Crippen LogP contribution in [0.1, 0.15) is 0 Å². The molecule has 0 bridgehead atoms. The molecule has 10 heteroatoms.